The Morgan fingerprint density at radius 2 is 2.06 bits per heavy atom. The number of hydrogen-bond donors (Lipinski definition) is 3. The van der Waals surface area contributed by atoms with Crippen molar-refractivity contribution >= 4 is 10.2 Å². The topological polar surface area (TPSA) is 92.4 Å². The smallest absolute Gasteiger partial charge is 0.274 e. The lowest BCUT2D eigenvalue weighted by molar-refractivity contribution is 0.305. The van der Waals surface area contributed by atoms with Crippen LogP contribution < -0.4 is 9.86 Å². The molecule has 0 saturated heterocycles. The molecule has 6 heteroatoms. The predicted octanol–water partition coefficient (Wildman–Crippen LogP) is -0.286. The first-order valence-corrected chi connectivity index (χ1v) is 6.52. The largest absolute Gasteiger partial charge is 0.395 e. The van der Waals surface area contributed by atoms with E-state index in [0.717, 1.165) is 11.1 Å². The van der Waals surface area contributed by atoms with Crippen molar-refractivity contribution in [2.24, 2.45) is 5.14 Å². The minimum Gasteiger partial charge on any atom is -0.395 e. The third-order valence-corrected chi connectivity index (χ3v) is 2.49. The van der Waals surface area contributed by atoms with Crippen LogP contribution in [0.2, 0.25) is 0 Å². The summed E-state index contributed by atoms with van der Waals surface area (Å²) in [7, 11) is -3.70. The van der Waals surface area contributed by atoms with E-state index in [1.54, 1.807) is 18.2 Å². The molecule has 0 aliphatic carbocycles. The minimum atomic E-state index is -3.70. The van der Waals surface area contributed by atoms with Crippen LogP contribution in [0.4, 0.5) is 0 Å². The van der Waals surface area contributed by atoms with Crippen molar-refractivity contribution < 1.29 is 13.5 Å². The standard InChI is InChI=1S/C11H14N2O3S/c12-17(15,16)13-9-11-7-2-1-5-10(11)6-3-4-8-14/h1-2,5,7,13-14H,4,8-9H2,(H2,12,15,16). The van der Waals surface area contributed by atoms with Gasteiger partial charge in [0.1, 0.15) is 0 Å². The highest BCUT2D eigenvalue weighted by Crippen LogP contribution is 2.07. The zero-order valence-corrected chi connectivity index (χ0v) is 10.00. The van der Waals surface area contributed by atoms with Crippen molar-refractivity contribution in [1.29, 1.82) is 0 Å². The highest BCUT2D eigenvalue weighted by molar-refractivity contribution is 7.87. The van der Waals surface area contributed by atoms with Crippen LogP contribution in [0.3, 0.4) is 0 Å². The summed E-state index contributed by atoms with van der Waals surface area (Å²) in [6.45, 7) is 0.105. The average Bonchev–Trinajstić information content (AvgIpc) is 2.27. The van der Waals surface area contributed by atoms with Crippen LogP contribution >= 0.6 is 0 Å². The molecule has 0 aromatic heterocycles. The molecular weight excluding hydrogens is 240 g/mol. The van der Waals surface area contributed by atoms with Gasteiger partial charge in [-0.15, -0.1) is 0 Å². The maximum absolute atomic E-state index is 10.8. The normalized spacial score (nSPS) is 10.7. The second-order valence-corrected chi connectivity index (χ2v) is 4.68. The number of nitrogens with one attached hydrogen (secondary N) is 1. The molecule has 0 heterocycles. The van der Waals surface area contributed by atoms with Gasteiger partial charge in [0.2, 0.25) is 0 Å². The average molecular weight is 254 g/mol. The summed E-state index contributed by atoms with van der Waals surface area (Å²) in [4.78, 5) is 0. The van der Waals surface area contributed by atoms with Gasteiger partial charge in [0.15, 0.2) is 0 Å². The van der Waals surface area contributed by atoms with Crippen LogP contribution in [0.25, 0.3) is 0 Å². The van der Waals surface area contributed by atoms with Gasteiger partial charge >= 0.3 is 0 Å². The van der Waals surface area contributed by atoms with E-state index in [9.17, 15) is 8.42 Å². The molecule has 0 saturated carbocycles. The first-order valence-electron chi connectivity index (χ1n) is 4.98. The Morgan fingerprint density at radius 3 is 2.71 bits per heavy atom. The van der Waals surface area contributed by atoms with Gasteiger partial charge in [-0.2, -0.15) is 13.1 Å². The van der Waals surface area contributed by atoms with Crippen molar-refractivity contribution in [2.75, 3.05) is 6.61 Å². The molecule has 17 heavy (non-hydrogen) atoms. The fraction of sp³-hybridized carbons (Fsp3) is 0.273. The van der Waals surface area contributed by atoms with Crippen LogP contribution in [0.15, 0.2) is 24.3 Å². The van der Waals surface area contributed by atoms with Gasteiger partial charge in [-0.3, -0.25) is 0 Å². The molecule has 0 atom stereocenters. The first kappa shape index (κ1) is 13.7. The molecule has 1 aromatic carbocycles. The fourth-order valence-corrected chi connectivity index (χ4v) is 1.55. The van der Waals surface area contributed by atoms with E-state index in [1.807, 2.05) is 6.07 Å². The Hall–Kier alpha value is -1.39. The first-order chi connectivity index (χ1) is 8.03. The van der Waals surface area contributed by atoms with E-state index < -0.39 is 10.2 Å². The van der Waals surface area contributed by atoms with E-state index in [0.29, 0.717) is 6.42 Å². The molecule has 0 aliphatic heterocycles. The molecule has 0 unspecified atom stereocenters. The van der Waals surface area contributed by atoms with Crippen LogP contribution in [0.5, 0.6) is 0 Å². The molecule has 0 radical (unpaired) electrons. The number of aliphatic hydroxyl groups excluding tert-OH is 1. The van der Waals surface area contributed by atoms with Gasteiger partial charge in [-0.25, -0.2) is 5.14 Å². The van der Waals surface area contributed by atoms with E-state index >= 15 is 0 Å². The van der Waals surface area contributed by atoms with Crippen LogP contribution in [-0.2, 0) is 16.8 Å². The summed E-state index contributed by atoms with van der Waals surface area (Å²) < 4.78 is 23.7. The van der Waals surface area contributed by atoms with Crippen LogP contribution in [0, 0.1) is 11.8 Å². The molecular formula is C11H14N2O3S. The highest BCUT2D eigenvalue weighted by atomic mass is 32.2. The van der Waals surface area contributed by atoms with E-state index in [2.05, 4.69) is 16.6 Å². The van der Waals surface area contributed by atoms with Crippen molar-refractivity contribution in [1.82, 2.24) is 4.72 Å². The van der Waals surface area contributed by atoms with Crippen molar-refractivity contribution in [3.63, 3.8) is 0 Å². The van der Waals surface area contributed by atoms with Crippen LogP contribution in [-0.4, -0.2) is 20.1 Å². The number of nitrogens with two attached hydrogens (primary N) is 1. The van der Waals surface area contributed by atoms with Gasteiger partial charge in [-0.05, 0) is 11.6 Å². The molecule has 0 fully saturated rings. The monoisotopic (exact) mass is 254 g/mol. The third kappa shape index (κ3) is 5.47. The SMILES string of the molecule is NS(=O)(=O)NCc1ccccc1C#CCCO. The summed E-state index contributed by atoms with van der Waals surface area (Å²) in [6, 6.07) is 7.15. The molecule has 0 spiro atoms. The maximum atomic E-state index is 10.8. The second-order valence-electron chi connectivity index (χ2n) is 3.30. The van der Waals surface area contributed by atoms with Gasteiger partial charge < -0.3 is 5.11 Å². The molecule has 0 aliphatic rings. The Morgan fingerprint density at radius 1 is 1.35 bits per heavy atom. The molecule has 92 valence electrons. The summed E-state index contributed by atoms with van der Waals surface area (Å²) in [5.41, 5.74) is 1.46. The number of rotatable bonds is 4. The lowest BCUT2D eigenvalue weighted by atomic mass is 10.1. The Bertz CT molecular complexity index is 529. The maximum Gasteiger partial charge on any atom is 0.274 e. The van der Waals surface area contributed by atoms with Gasteiger partial charge in [0.25, 0.3) is 10.2 Å². The van der Waals surface area contributed by atoms with Gasteiger partial charge in [-0.1, -0.05) is 30.0 Å². The van der Waals surface area contributed by atoms with E-state index in [-0.39, 0.29) is 13.2 Å². The number of hydrogen-bond acceptors (Lipinski definition) is 3. The summed E-state index contributed by atoms with van der Waals surface area (Å²) >= 11 is 0. The summed E-state index contributed by atoms with van der Waals surface area (Å²) in [5.74, 6) is 5.65. The predicted molar refractivity (Wildman–Crippen MR) is 65.0 cm³/mol. The molecule has 4 N–H and O–H groups in total. The number of benzene rings is 1. The molecule has 0 amide bonds. The van der Waals surface area contributed by atoms with Gasteiger partial charge in [0, 0.05) is 18.5 Å². The summed E-state index contributed by atoms with van der Waals surface area (Å²) in [5, 5.41) is 13.5. The number of aliphatic hydroxyl groups is 1. The van der Waals surface area contributed by atoms with E-state index in [4.69, 9.17) is 10.2 Å². The van der Waals surface area contributed by atoms with E-state index in [1.165, 1.54) is 0 Å². The molecule has 5 nitrogen and oxygen atoms in total. The minimum absolute atomic E-state index is 0.00456. The second kappa shape index (κ2) is 6.37. The third-order valence-electron chi connectivity index (χ3n) is 1.94. The Kier molecular flexibility index (Phi) is 5.12. The van der Waals surface area contributed by atoms with Crippen LogP contribution in [0.1, 0.15) is 17.5 Å². The molecule has 0 bridgehead atoms. The van der Waals surface area contributed by atoms with Crippen molar-refractivity contribution in [3.8, 4) is 11.8 Å². The summed E-state index contributed by atoms with van der Waals surface area (Å²) in [6.07, 6.45) is 0.386. The lowest BCUT2D eigenvalue weighted by Gasteiger charge is -2.04. The fourth-order valence-electron chi connectivity index (χ4n) is 1.19. The molecule has 1 aromatic rings. The van der Waals surface area contributed by atoms with Crippen molar-refractivity contribution in [3.05, 3.63) is 35.4 Å². The zero-order valence-electron chi connectivity index (χ0n) is 9.18. The van der Waals surface area contributed by atoms with Crippen molar-refractivity contribution in [2.45, 2.75) is 13.0 Å². The lowest BCUT2D eigenvalue weighted by Crippen LogP contribution is -2.30. The Labute approximate surface area is 101 Å². The molecule has 1 rings (SSSR count). The Balaban J connectivity index is 2.82. The van der Waals surface area contributed by atoms with Gasteiger partial charge in [0.05, 0.1) is 6.61 Å². The zero-order chi connectivity index (χ0) is 12.7. The quantitative estimate of drug-likeness (QED) is 0.645. The highest BCUT2D eigenvalue weighted by Gasteiger charge is 2.03.